The normalized spacial score (nSPS) is 28.7. The van der Waals surface area contributed by atoms with Crippen LogP contribution in [0, 0.1) is 35.5 Å². The van der Waals surface area contributed by atoms with Gasteiger partial charge in [-0.15, -0.1) is 69.1 Å². The first-order chi connectivity index (χ1) is 30.7. The molecule has 1 atom stereocenters. The van der Waals surface area contributed by atoms with Crippen molar-refractivity contribution in [1.82, 2.24) is 0 Å². The fraction of sp³-hybridized carbons (Fsp3) is 0.492. The van der Waals surface area contributed by atoms with E-state index in [0.717, 1.165) is 51.4 Å². The van der Waals surface area contributed by atoms with Crippen molar-refractivity contribution in [2.24, 2.45) is 35.5 Å². The number of aryl methyl sites for hydroxylation is 1. The van der Waals surface area contributed by atoms with Gasteiger partial charge < -0.3 is 0 Å². The Morgan fingerprint density at radius 3 is 1.35 bits per heavy atom. The molecular formula is C59H70Cl2SiZr. The van der Waals surface area contributed by atoms with Gasteiger partial charge in [-0.25, -0.2) is 0 Å². The SMILES string of the molecule is CCCC(C)c1cc2c(-c3ccc(C45CC6CC(CC(C6)C4)C5)cc3)cccc2[cH-]1.CCc1cc2c(-c3ccc(C45CC6CC(CC(C6)C4)C5)cc3)cccc2[cH-]1.C[Si]C.[Cl][Zr+2][Cl]. The molecule has 0 N–H and O–H groups in total. The molecule has 8 bridgehead atoms. The van der Waals surface area contributed by atoms with Crippen molar-refractivity contribution in [3.8, 4) is 22.3 Å². The average molecular weight is 969 g/mol. The number of rotatable bonds is 8. The Hall–Kier alpha value is -2.22. The number of hydrogen-bond donors (Lipinski definition) is 0. The Morgan fingerprint density at radius 2 is 0.968 bits per heavy atom. The molecule has 328 valence electrons. The van der Waals surface area contributed by atoms with Gasteiger partial charge in [-0.3, -0.25) is 0 Å². The molecule has 8 aliphatic carbocycles. The van der Waals surface area contributed by atoms with Gasteiger partial charge in [0.1, 0.15) is 0 Å². The summed E-state index contributed by atoms with van der Waals surface area (Å²) in [7, 11) is 11.0. The van der Waals surface area contributed by atoms with Gasteiger partial charge in [0.25, 0.3) is 0 Å². The molecule has 0 aromatic heterocycles. The van der Waals surface area contributed by atoms with Crippen LogP contribution in [0.3, 0.4) is 0 Å². The van der Waals surface area contributed by atoms with E-state index in [4.69, 9.17) is 17.0 Å². The molecule has 2 radical (unpaired) electrons. The topological polar surface area (TPSA) is 0 Å². The van der Waals surface area contributed by atoms with Crippen molar-refractivity contribution in [3.05, 3.63) is 131 Å². The van der Waals surface area contributed by atoms with Crippen LogP contribution in [0.25, 0.3) is 43.8 Å². The van der Waals surface area contributed by atoms with E-state index in [1.54, 1.807) is 11.1 Å². The second kappa shape index (κ2) is 19.9. The van der Waals surface area contributed by atoms with Crippen LogP contribution in [0.2, 0.25) is 13.1 Å². The van der Waals surface area contributed by atoms with Crippen molar-refractivity contribution in [1.29, 1.82) is 0 Å². The zero-order valence-corrected chi connectivity index (χ0v) is 43.8. The molecular weight excluding hydrogens is 899 g/mol. The number of halogens is 2. The van der Waals surface area contributed by atoms with Crippen LogP contribution >= 0.6 is 17.0 Å². The third kappa shape index (κ3) is 9.52. The Kier molecular flexibility index (Phi) is 14.5. The zero-order valence-electron chi connectivity index (χ0n) is 38.8. The maximum atomic E-state index is 4.93. The Bertz CT molecular complexity index is 2360. The van der Waals surface area contributed by atoms with E-state index < -0.39 is 20.8 Å². The fourth-order valence-corrected chi connectivity index (χ4v) is 15.1. The summed E-state index contributed by atoms with van der Waals surface area (Å²) in [5.74, 6) is 6.73. The molecule has 8 saturated carbocycles. The molecule has 0 nitrogen and oxygen atoms in total. The summed E-state index contributed by atoms with van der Waals surface area (Å²) in [5.41, 5.74) is 12.8. The molecule has 0 saturated heterocycles. The van der Waals surface area contributed by atoms with E-state index in [-0.39, 0.29) is 0 Å². The van der Waals surface area contributed by atoms with Crippen LogP contribution in [-0.2, 0) is 38.1 Å². The summed E-state index contributed by atoms with van der Waals surface area (Å²) in [4.78, 5) is 0. The molecule has 8 aliphatic rings. The summed E-state index contributed by atoms with van der Waals surface area (Å²) in [5, 5.41) is 5.63. The van der Waals surface area contributed by atoms with E-state index in [1.807, 2.05) is 0 Å². The van der Waals surface area contributed by atoms with Crippen LogP contribution in [0.4, 0.5) is 0 Å². The number of benzene rings is 4. The second-order valence-electron chi connectivity index (χ2n) is 21.4. The summed E-state index contributed by atoms with van der Waals surface area (Å²) in [6.07, 6.45) is 21.5. The standard InChI is InChI=1S/C30H35.C27H29.C2H6Si.2ClH.Zr/c1-3-5-20(2)26-15-25-6-4-7-28(29(25)16-26)24-8-10-27(11-9-24)30-17-21-12-22(18-30)14-23(13-21)19-30;1-2-18-13-23-4-3-5-25(26(23)14-18)22-6-8-24(9-7-22)27-15-19-10-20(16-27)12-21(11-19)17-27;1-3-2;;;/h4,6-11,15-16,20-23H,3,5,12-14,17-19H2,1-2H3;3-9,13-14,19-21H,2,10-12,15-17H2,1H3;1-2H3;2*1H;/q2*-1;;;;+4/p-2. The third-order valence-corrected chi connectivity index (χ3v) is 17.0. The van der Waals surface area contributed by atoms with Crippen molar-refractivity contribution in [2.75, 3.05) is 0 Å². The third-order valence-electron chi connectivity index (χ3n) is 17.0. The van der Waals surface area contributed by atoms with Crippen molar-refractivity contribution in [2.45, 2.75) is 147 Å². The summed E-state index contributed by atoms with van der Waals surface area (Å²) >= 11 is -0.826. The average Bonchev–Trinajstić information content (AvgIpc) is 3.92. The van der Waals surface area contributed by atoms with Crippen LogP contribution < -0.4 is 0 Å². The first-order valence-electron chi connectivity index (χ1n) is 24.8. The van der Waals surface area contributed by atoms with Gasteiger partial charge in [0.05, 0.1) is 0 Å². The van der Waals surface area contributed by atoms with Gasteiger partial charge in [-0.1, -0.05) is 112 Å². The molecule has 8 fully saturated rings. The quantitative estimate of drug-likeness (QED) is 0.105. The molecule has 4 heteroatoms. The van der Waals surface area contributed by atoms with Crippen LogP contribution in [-0.4, -0.2) is 9.52 Å². The van der Waals surface area contributed by atoms with Gasteiger partial charge in [0.15, 0.2) is 0 Å². The van der Waals surface area contributed by atoms with Crippen LogP contribution in [0.5, 0.6) is 0 Å². The minimum atomic E-state index is -0.826. The van der Waals surface area contributed by atoms with Crippen molar-refractivity contribution >= 4 is 48.1 Å². The van der Waals surface area contributed by atoms with Crippen LogP contribution in [0.1, 0.15) is 139 Å². The van der Waals surface area contributed by atoms with Gasteiger partial charge in [0.2, 0.25) is 0 Å². The number of hydrogen-bond acceptors (Lipinski definition) is 0. The number of fused-ring (bicyclic) bond motifs is 2. The molecule has 1 unspecified atom stereocenters. The van der Waals surface area contributed by atoms with Gasteiger partial charge in [-0.2, -0.15) is 12.1 Å². The summed E-state index contributed by atoms with van der Waals surface area (Å²) < 4.78 is 0. The van der Waals surface area contributed by atoms with E-state index in [9.17, 15) is 0 Å². The zero-order chi connectivity index (χ0) is 43.7. The Balaban J connectivity index is 0.000000143. The Labute approximate surface area is 401 Å². The van der Waals surface area contributed by atoms with Gasteiger partial charge in [0, 0.05) is 9.52 Å². The van der Waals surface area contributed by atoms with E-state index in [0.29, 0.717) is 16.7 Å². The van der Waals surface area contributed by atoms with Gasteiger partial charge >= 0.3 is 37.9 Å². The molecule has 63 heavy (non-hydrogen) atoms. The van der Waals surface area contributed by atoms with Crippen LogP contribution in [0.15, 0.2) is 109 Å². The first-order valence-corrected chi connectivity index (χ1v) is 33.2. The molecule has 6 aromatic carbocycles. The Morgan fingerprint density at radius 1 is 0.587 bits per heavy atom. The maximum absolute atomic E-state index is 4.93. The molecule has 14 rings (SSSR count). The monoisotopic (exact) mass is 966 g/mol. The van der Waals surface area contributed by atoms with Gasteiger partial charge in [-0.05, 0) is 164 Å². The fourth-order valence-electron chi connectivity index (χ4n) is 15.1. The van der Waals surface area contributed by atoms with E-state index in [1.165, 1.54) is 145 Å². The predicted molar refractivity (Wildman–Crippen MR) is 272 cm³/mol. The summed E-state index contributed by atoms with van der Waals surface area (Å²) in [6, 6.07) is 42.8. The molecule has 0 spiro atoms. The van der Waals surface area contributed by atoms with Crippen molar-refractivity contribution < 1.29 is 20.8 Å². The molecule has 6 aromatic rings. The van der Waals surface area contributed by atoms with E-state index >= 15 is 0 Å². The van der Waals surface area contributed by atoms with E-state index in [2.05, 4.69) is 143 Å². The molecule has 0 aliphatic heterocycles. The molecule has 0 heterocycles. The predicted octanol–water partition coefficient (Wildman–Crippen LogP) is 18.0. The second-order valence-corrected chi connectivity index (χ2v) is 26.2. The van der Waals surface area contributed by atoms with Crippen molar-refractivity contribution in [3.63, 3.8) is 0 Å². The summed E-state index contributed by atoms with van der Waals surface area (Å²) in [6.45, 7) is 11.2. The first kappa shape index (κ1) is 45.9. The minimum absolute atomic E-state index is 0.502. The molecule has 0 amide bonds.